The Kier molecular flexibility index (Phi) is 10.5. The molecule has 0 heterocycles. The highest BCUT2D eigenvalue weighted by Gasteiger charge is 1.99. The van der Waals surface area contributed by atoms with Crippen LogP contribution in [0.5, 0.6) is 0 Å². The summed E-state index contributed by atoms with van der Waals surface area (Å²) in [5, 5.41) is 3.44. The minimum Gasteiger partial charge on any atom is -0.384 e. The molecule has 0 saturated heterocycles. The lowest BCUT2D eigenvalue weighted by molar-refractivity contribution is 0.158. The van der Waals surface area contributed by atoms with E-state index in [1.165, 1.54) is 19.3 Å². The first-order valence-electron chi connectivity index (χ1n) is 5.61. The van der Waals surface area contributed by atoms with E-state index in [-0.39, 0.29) is 0 Å². The molecule has 1 N–H and O–H groups in total. The minimum absolute atomic E-state index is 0.619. The van der Waals surface area contributed by atoms with Gasteiger partial charge in [-0.05, 0) is 38.3 Å². The lowest BCUT2D eigenvalue weighted by Gasteiger charge is -2.10. The van der Waals surface area contributed by atoms with Crippen molar-refractivity contribution in [2.75, 3.05) is 26.8 Å². The van der Waals surface area contributed by atoms with Crippen molar-refractivity contribution < 1.29 is 4.74 Å². The predicted molar refractivity (Wildman–Crippen MR) is 62.6 cm³/mol. The van der Waals surface area contributed by atoms with E-state index in [0.717, 1.165) is 26.1 Å². The van der Waals surface area contributed by atoms with Crippen molar-refractivity contribution in [3.8, 4) is 0 Å². The van der Waals surface area contributed by atoms with Gasteiger partial charge < -0.3 is 10.1 Å². The molecule has 0 saturated carbocycles. The fraction of sp³-hybridized carbons (Fsp3) is 0.833. The SMILES string of the molecule is C=CCCCCCNCC(C)COC. The zero-order chi connectivity index (χ0) is 10.6. The molecular weight excluding hydrogens is 174 g/mol. The molecule has 1 atom stereocenters. The third-order valence-corrected chi connectivity index (χ3v) is 2.21. The number of rotatable bonds is 10. The first-order chi connectivity index (χ1) is 6.81. The maximum Gasteiger partial charge on any atom is 0.0499 e. The van der Waals surface area contributed by atoms with Crippen LogP contribution in [0, 0.1) is 5.92 Å². The minimum atomic E-state index is 0.619. The zero-order valence-electron chi connectivity index (χ0n) is 9.72. The van der Waals surface area contributed by atoms with Gasteiger partial charge in [-0.15, -0.1) is 6.58 Å². The van der Waals surface area contributed by atoms with Gasteiger partial charge in [-0.3, -0.25) is 0 Å². The largest absolute Gasteiger partial charge is 0.384 e. The van der Waals surface area contributed by atoms with Crippen LogP contribution in [0.1, 0.15) is 32.6 Å². The monoisotopic (exact) mass is 199 g/mol. The van der Waals surface area contributed by atoms with E-state index in [1.54, 1.807) is 7.11 Å². The van der Waals surface area contributed by atoms with Crippen LogP contribution < -0.4 is 5.32 Å². The maximum atomic E-state index is 5.06. The van der Waals surface area contributed by atoms with Gasteiger partial charge in [0.15, 0.2) is 0 Å². The summed E-state index contributed by atoms with van der Waals surface area (Å²) in [5.41, 5.74) is 0. The third kappa shape index (κ3) is 9.75. The number of allylic oxidation sites excluding steroid dienone is 1. The van der Waals surface area contributed by atoms with Gasteiger partial charge in [-0.1, -0.05) is 19.4 Å². The van der Waals surface area contributed by atoms with Crippen molar-refractivity contribution in [3.63, 3.8) is 0 Å². The number of unbranched alkanes of at least 4 members (excludes halogenated alkanes) is 3. The highest BCUT2D eigenvalue weighted by atomic mass is 16.5. The molecule has 1 unspecified atom stereocenters. The molecule has 0 aliphatic heterocycles. The van der Waals surface area contributed by atoms with Gasteiger partial charge in [-0.2, -0.15) is 0 Å². The van der Waals surface area contributed by atoms with Gasteiger partial charge in [0.25, 0.3) is 0 Å². The smallest absolute Gasteiger partial charge is 0.0499 e. The summed E-state index contributed by atoms with van der Waals surface area (Å²) in [6.45, 7) is 8.96. The van der Waals surface area contributed by atoms with Crippen LogP contribution in [0.15, 0.2) is 12.7 Å². The van der Waals surface area contributed by atoms with E-state index in [1.807, 2.05) is 6.08 Å². The highest BCUT2D eigenvalue weighted by molar-refractivity contribution is 4.65. The Morgan fingerprint density at radius 2 is 2.14 bits per heavy atom. The molecule has 0 amide bonds. The molecule has 0 aromatic rings. The average Bonchev–Trinajstić information content (AvgIpc) is 2.17. The molecule has 0 aromatic carbocycles. The molecule has 0 radical (unpaired) electrons. The molecule has 0 aliphatic carbocycles. The Bertz CT molecular complexity index is 125. The van der Waals surface area contributed by atoms with Crippen molar-refractivity contribution in [1.82, 2.24) is 5.32 Å². The number of nitrogens with one attached hydrogen (secondary N) is 1. The Hall–Kier alpha value is -0.340. The summed E-state index contributed by atoms with van der Waals surface area (Å²) < 4.78 is 5.06. The summed E-state index contributed by atoms with van der Waals surface area (Å²) in [6, 6.07) is 0. The summed E-state index contributed by atoms with van der Waals surface area (Å²) in [5.74, 6) is 0.619. The van der Waals surface area contributed by atoms with E-state index < -0.39 is 0 Å². The fourth-order valence-electron chi connectivity index (χ4n) is 1.41. The van der Waals surface area contributed by atoms with Crippen molar-refractivity contribution in [1.29, 1.82) is 0 Å². The van der Waals surface area contributed by atoms with Crippen molar-refractivity contribution in [2.24, 2.45) is 5.92 Å². The van der Waals surface area contributed by atoms with E-state index in [0.29, 0.717) is 5.92 Å². The van der Waals surface area contributed by atoms with Crippen LogP contribution in [-0.2, 0) is 4.74 Å². The van der Waals surface area contributed by atoms with Crippen LogP contribution in [0.2, 0.25) is 0 Å². The van der Waals surface area contributed by atoms with Gasteiger partial charge in [0.1, 0.15) is 0 Å². The molecule has 0 aromatic heterocycles. The van der Waals surface area contributed by atoms with Gasteiger partial charge in [0.05, 0.1) is 0 Å². The normalized spacial score (nSPS) is 12.7. The molecule has 2 heteroatoms. The molecule has 0 rings (SSSR count). The summed E-state index contributed by atoms with van der Waals surface area (Å²) in [4.78, 5) is 0. The van der Waals surface area contributed by atoms with Gasteiger partial charge in [0.2, 0.25) is 0 Å². The second-order valence-corrected chi connectivity index (χ2v) is 3.90. The molecule has 0 fully saturated rings. The number of ether oxygens (including phenoxy) is 1. The van der Waals surface area contributed by atoms with E-state index in [9.17, 15) is 0 Å². The number of hydrogen-bond donors (Lipinski definition) is 1. The second-order valence-electron chi connectivity index (χ2n) is 3.90. The van der Waals surface area contributed by atoms with Crippen molar-refractivity contribution in [2.45, 2.75) is 32.6 Å². The summed E-state index contributed by atoms with van der Waals surface area (Å²) in [6.07, 6.45) is 7.00. The highest BCUT2D eigenvalue weighted by Crippen LogP contribution is 1.99. The van der Waals surface area contributed by atoms with Gasteiger partial charge in [-0.25, -0.2) is 0 Å². The Morgan fingerprint density at radius 3 is 2.79 bits per heavy atom. The number of hydrogen-bond acceptors (Lipinski definition) is 2. The van der Waals surface area contributed by atoms with Crippen LogP contribution >= 0.6 is 0 Å². The molecular formula is C12H25NO. The maximum absolute atomic E-state index is 5.06. The second kappa shape index (κ2) is 10.7. The fourth-order valence-corrected chi connectivity index (χ4v) is 1.41. The van der Waals surface area contributed by atoms with E-state index >= 15 is 0 Å². The first-order valence-corrected chi connectivity index (χ1v) is 5.61. The third-order valence-electron chi connectivity index (χ3n) is 2.21. The molecule has 0 bridgehead atoms. The lowest BCUT2D eigenvalue weighted by Crippen LogP contribution is -2.24. The summed E-state index contributed by atoms with van der Waals surface area (Å²) in [7, 11) is 1.76. The molecule has 14 heavy (non-hydrogen) atoms. The molecule has 0 aliphatic rings. The van der Waals surface area contributed by atoms with Crippen LogP contribution in [0.25, 0.3) is 0 Å². The van der Waals surface area contributed by atoms with Gasteiger partial charge in [0, 0.05) is 13.7 Å². The quantitative estimate of drug-likeness (QED) is 0.431. The van der Waals surface area contributed by atoms with Crippen LogP contribution in [-0.4, -0.2) is 26.8 Å². The topological polar surface area (TPSA) is 21.3 Å². The Balaban J connectivity index is 3.01. The van der Waals surface area contributed by atoms with E-state index in [2.05, 4.69) is 18.8 Å². The average molecular weight is 199 g/mol. The van der Waals surface area contributed by atoms with Crippen LogP contribution in [0.4, 0.5) is 0 Å². The van der Waals surface area contributed by atoms with Gasteiger partial charge >= 0.3 is 0 Å². The van der Waals surface area contributed by atoms with Crippen molar-refractivity contribution in [3.05, 3.63) is 12.7 Å². The van der Waals surface area contributed by atoms with Crippen LogP contribution in [0.3, 0.4) is 0 Å². The first kappa shape index (κ1) is 13.7. The van der Waals surface area contributed by atoms with E-state index in [4.69, 9.17) is 4.74 Å². The Labute approximate surface area is 88.7 Å². The summed E-state index contributed by atoms with van der Waals surface area (Å²) >= 11 is 0. The zero-order valence-corrected chi connectivity index (χ0v) is 9.72. The number of methoxy groups -OCH3 is 1. The Morgan fingerprint density at radius 1 is 1.36 bits per heavy atom. The predicted octanol–water partition coefficient (Wildman–Crippen LogP) is 2.60. The molecule has 0 spiro atoms. The standard InChI is InChI=1S/C12H25NO/c1-4-5-6-7-8-9-13-10-12(2)11-14-3/h4,12-13H,1,5-11H2,2-3H3. The lowest BCUT2D eigenvalue weighted by atomic mass is 10.2. The molecule has 84 valence electrons. The molecule has 2 nitrogen and oxygen atoms in total. The van der Waals surface area contributed by atoms with Crippen molar-refractivity contribution >= 4 is 0 Å².